The van der Waals surface area contributed by atoms with Gasteiger partial charge in [0, 0.05) is 6.54 Å². The number of aliphatic hydroxyl groups is 1. The molecule has 2 aromatic rings. The zero-order valence-corrected chi connectivity index (χ0v) is 15.0. The van der Waals surface area contributed by atoms with Crippen molar-refractivity contribution in [3.8, 4) is 0 Å². The summed E-state index contributed by atoms with van der Waals surface area (Å²) in [5.41, 5.74) is 0.416. The molecule has 1 aromatic carbocycles. The molecule has 0 spiro atoms. The molecule has 6 nitrogen and oxygen atoms in total. The minimum atomic E-state index is -0.855. The van der Waals surface area contributed by atoms with E-state index in [1.807, 2.05) is 13.8 Å². The number of halogens is 1. The molecule has 27 heavy (non-hydrogen) atoms. The van der Waals surface area contributed by atoms with E-state index in [1.54, 1.807) is 6.07 Å². The second-order valence-electron chi connectivity index (χ2n) is 6.44. The molecule has 0 saturated heterocycles. The second-order valence-corrected chi connectivity index (χ2v) is 6.44. The molecule has 1 amide bonds. The average molecular weight is 373 g/mol. The highest BCUT2D eigenvalue weighted by atomic mass is 19.1. The second kappa shape index (κ2) is 7.75. The van der Waals surface area contributed by atoms with Gasteiger partial charge in [-0.25, -0.2) is 4.39 Å². The molecule has 1 N–H and O–H groups in total. The van der Waals surface area contributed by atoms with Crippen LogP contribution in [0.5, 0.6) is 0 Å². The molecule has 0 radical (unpaired) electrons. The maximum Gasteiger partial charge on any atom is 0.290 e. The summed E-state index contributed by atoms with van der Waals surface area (Å²) >= 11 is 0. The van der Waals surface area contributed by atoms with Crippen molar-refractivity contribution >= 4 is 11.7 Å². The van der Waals surface area contributed by atoms with Gasteiger partial charge in [-0.2, -0.15) is 0 Å². The lowest BCUT2D eigenvalue weighted by molar-refractivity contribution is -0.130. The van der Waals surface area contributed by atoms with E-state index < -0.39 is 29.3 Å². The summed E-state index contributed by atoms with van der Waals surface area (Å²) in [7, 11) is 0. The van der Waals surface area contributed by atoms with Gasteiger partial charge in [-0.3, -0.25) is 9.59 Å². The van der Waals surface area contributed by atoms with Crippen LogP contribution in [0.3, 0.4) is 0 Å². The van der Waals surface area contributed by atoms with Crippen molar-refractivity contribution in [1.29, 1.82) is 0 Å². The number of hydrogen-bond acceptors (Lipinski definition) is 5. The van der Waals surface area contributed by atoms with Gasteiger partial charge in [0.2, 0.25) is 5.78 Å². The Hall–Kier alpha value is -2.93. The zero-order chi connectivity index (χ0) is 19.6. The van der Waals surface area contributed by atoms with Crippen LogP contribution in [-0.2, 0) is 9.53 Å². The molecule has 1 unspecified atom stereocenters. The van der Waals surface area contributed by atoms with Crippen molar-refractivity contribution in [2.24, 2.45) is 0 Å². The van der Waals surface area contributed by atoms with Gasteiger partial charge in [-0.15, -0.1) is 0 Å². The fraction of sp³-hybridized carbons (Fsp3) is 0.300. The van der Waals surface area contributed by atoms with Gasteiger partial charge in [0.05, 0.1) is 30.6 Å². The van der Waals surface area contributed by atoms with Crippen LogP contribution < -0.4 is 0 Å². The lowest BCUT2D eigenvalue weighted by Crippen LogP contribution is -2.34. The molecule has 3 rings (SSSR count). The standard InChI is InChI=1S/C20H20FNO5/c1-12(2)26-11-9-22-17(13-5-7-14(21)8-6-13)16(19(24)20(22)25)18(23)15-4-3-10-27-15/h3-8,10,12,17,24H,9,11H2,1-2H3. The smallest absolute Gasteiger partial charge is 0.290 e. The Balaban J connectivity index is 1.99. The van der Waals surface area contributed by atoms with E-state index in [-0.39, 0.29) is 30.6 Å². The Kier molecular flexibility index (Phi) is 5.41. The quantitative estimate of drug-likeness (QED) is 0.752. The lowest BCUT2D eigenvalue weighted by Gasteiger charge is -2.27. The van der Waals surface area contributed by atoms with Crippen molar-refractivity contribution in [3.05, 3.63) is 71.1 Å². The van der Waals surface area contributed by atoms with E-state index in [4.69, 9.17) is 9.15 Å². The summed E-state index contributed by atoms with van der Waals surface area (Å²) in [6, 6.07) is 7.60. The van der Waals surface area contributed by atoms with E-state index >= 15 is 0 Å². The lowest BCUT2D eigenvalue weighted by atomic mass is 9.95. The van der Waals surface area contributed by atoms with Crippen LogP contribution in [0.4, 0.5) is 4.39 Å². The van der Waals surface area contributed by atoms with E-state index in [1.165, 1.54) is 41.5 Å². The molecule has 0 aliphatic carbocycles. The number of rotatable bonds is 7. The fourth-order valence-corrected chi connectivity index (χ4v) is 3.04. The normalized spacial score (nSPS) is 17.3. The number of ether oxygens (including phenoxy) is 1. The SMILES string of the molecule is CC(C)OCCN1C(=O)C(O)=C(C(=O)c2ccco2)C1c1ccc(F)cc1. The number of Topliss-reactive ketones (excluding diaryl/α,β-unsaturated/α-hetero) is 1. The summed E-state index contributed by atoms with van der Waals surface area (Å²) in [5.74, 6) is -2.32. The minimum Gasteiger partial charge on any atom is -0.503 e. The van der Waals surface area contributed by atoms with Crippen LogP contribution in [0.2, 0.25) is 0 Å². The molecule has 1 aliphatic rings. The molecular formula is C20H20FNO5. The van der Waals surface area contributed by atoms with Crippen molar-refractivity contribution in [2.45, 2.75) is 26.0 Å². The first kappa shape index (κ1) is 18.8. The first-order valence-electron chi connectivity index (χ1n) is 8.59. The van der Waals surface area contributed by atoms with Gasteiger partial charge in [0.1, 0.15) is 5.82 Å². The molecule has 1 aliphatic heterocycles. The monoisotopic (exact) mass is 373 g/mol. The molecule has 7 heteroatoms. The maximum atomic E-state index is 13.4. The highest BCUT2D eigenvalue weighted by Crippen LogP contribution is 2.38. The molecule has 1 aromatic heterocycles. The van der Waals surface area contributed by atoms with Crippen LogP contribution in [-0.4, -0.2) is 41.0 Å². The topological polar surface area (TPSA) is 80.0 Å². The summed E-state index contributed by atoms with van der Waals surface area (Å²) in [4.78, 5) is 26.8. The number of carbonyl (C=O) groups is 2. The molecule has 0 bridgehead atoms. The number of ketones is 1. The van der Waals surface area contributed by atoms with Crippen LogP contribution in [0.15, 0.2) is 58.4 Å². The van der Waals surface area contributed by atoms with Crippen LogP contribution >= 0.6 is 0 Å². The third-order valence-corrected chi connectivity index (χ3v) is 4.26. The molecule has 1 atom stereocenters. The van der Waals surface area contributed by atoms with E-state index in [2.05, 4.69) is 0 Å². The van der Waals surface area contributed by atoms with Crippen LogP contribution in [0.1, 0.15) is 36.0 Å². The number of nitrogens with zero attached hydrogens (tertiary/aromatic N) is 1. The van der Waals surface area contributed by atoms with E-state index in [0.717, 1.165) is 0 Å². The molecule has 0 saturated carbocycles. The minimum absolute atomic E-state index is 0.0109. The summed E-state index contributed by atoms with van der Waals surface area (Å²) in [6.07, 6.45) is 1.31. The number of amides is 1. The van der Waals surface area contributed by atoms with Gasteiger partial charge in [-0.05, 0) is 43.7 Å². The van der Waals surface area contributed by atoms with E-state index in [9.17, 15) is 19.1 Å². The zero-order valence-electron chi connectivity index (χ0n) is 15.0. The largest absolute Gasteiger partial charge is 0.503 e. The molecular weight excluding hydrogens is 353 g/mol. The number of benzene rings is 1. The van der Waals surface area contributed by atoms with Gasteiger partial charge in [-0.1, -0.05) is 12.1 Å². The Bertz CT molecular complexity index is 855. The average Bonchev–Trinajstić information content (AvgIpc) is 3.25. The van der Waals surface area contributed by atoms with E-state index in [0.29, 0.717) is 5.56 Å². The summed E-state index contributed by atoms with van der Waals surface area (Å²) in [5, 5.41) is 10.4. The van der Waals surface area contributed by atoms with Gasteiger partial charge in [0.15, 0.2) is 11.5 Å². The Morgan fingerprint density at radius 1 is 1.30 bits per heavy atom. The van der Waals surface area contributed by atoms with Crippen molar-refractivity contribution in [3.63, 3.8) is 0 Å². The molecule has 142 valence electrons. The fourth-order valence-electron chi connectivity index (χ4n) is 3.04. The van der Waals surface area contributed by atoms with Gasteiger partial charge in [0.25, 0.3) is 5.91 Å². The van der Waals surface area contributed by atoms with Gasteiger partial charge < -0.3 is 19.2 Å². The predicted octanol–water partition coefficient (Wildman–Crippen LogP) is 3.42. The van der Waals surface area contributed by atoms with Crippen LogP contribution in [0, 0.1) is 5.82 Å². The molecule has 0 fully saturated rings. The third-order valence-electron chi connectivity index (χ3n) is 4.26. The Morgan fingerprint density at radius 2 is 2.00 bits per heavy atom. The number of carbonyl (C=O) groups excluding carboxylic acids is 2. The highest BCUT2D eigenvalue weighted by Gasteiger charge is 2.44. The Morgan fingerprint density at radius 3 is 2.59 bits per heavy atom. The van der Waals surface area contributed by atoms with Crippen molar-refractivity contribution < 1.29 is 28.2 Å². The third kappa shape index (κ3) is 3.78. The number of aliphatic hydroxyl groups excluding tert-OH is 1. The maximum absolute atomic E-state index is 13.4. The number of furan rings is 1. The summed E-state index contributed by atoms with van der Waals surface area (Å²) < 4.78 is 24.0. The first-order chi connectivity index (χ1) is 12.9. The molecule has 2 heterocycles. The number of hydrogen-bond donors (Lipinski definition) is 1. The van der Waals surface area contributed by atoms with Gasteiger partial charge >= 0.3 is 0 Å². The first-order valence-corrected chi connectivity index (χ1v) is 8.59. The van der Waals surface area contributed by atoms with Crippen LogP contribution in [0.25, 0.3) is 0 Å². The Labute approximate surface area is 155 Å². The predicted molar refractivity (Wildman–Crippen MR) is 94.6 cm³/mol. The van der Waals surface area contributed by atoms with Crippen molar-refractivity contribution in [1.82, 2.24) is 4.90 Å². The summed E-state index contributed by atoms with van der Waals surface area (Å²) in [6.45, 7) is 4.13. The highest BCUT2D eigenvalue weighted by molar-refractivity contribution is 6.14. The van der Waals surface area contributed by atoms with Crippen molar-refractivity contribution in [2.75, 3.05) is 13.2 Å².